The van der Waals surface area contributed by atoms with Crippen molar-refractivity contribution in [2.45, 2.75) is 51.5 Å². The molecule has 9 rings (SSSR count). The Labute approximate surface area is 295 Å². The third-order valence-corrected chi connectivity index (χ3v) is 11.0. The Hall–Kier alpha value is -5.91. The van der Waals surface area contributed by atoms with Crippen molar-refractivity contribution in [1.82, 2.24) is 34.8 Å². The van der Waals surface area contributed by atoms with E-state index in [1.54, 1.807) is 29.7 Å². The summed E-state index contributed by atoms with van der Waals surface area (Å²) in [7, 11) is 0. The Morgan fingerprint density at radius 3 is 2.65 bits per heavy atom. The van der Waals surface area contributed by atoms with Crippen molar-refractivity contribution in [3.8, 4) is 16.8 Å². The van der Waals surface area contributed by atoms with Gasteiger partial charge in [0.1, 0.15) is 23.5 Å². The van der Waals surface area contributed by atoms with E-state index in [2.05, 4.69) is 49.2 Å². The van der Waals surface area contributed by atoms with Crippen LogP contribution in [-0.2, 0) is 34.0 Å². The number of rotatable bonds is 5. The Bertz CT molecular complexity index is 2340. The number of thiophene rings is 1. The predicted molar refractivity (Wildman–Crippen MR) is 184 cm³/mol. The largest absolute Gasteiger partial charge is 0.369 e. The SMILES string of the molecule is Cc1nnc2n1-c1sc(C#Cc3cnn(C4CN(c5cccc6c5C(=O)N(C5CCC(=O)NC5=O)C6=O)C4)c3)c(Cc3ccccc3)c1COC2. The average molecular weight is 699 g/mol. The number of benzene rings is 2. The van der Waals surface area contributed by atoms with E-state index in [0.717, 1.165) is 49.5 Å². The summed E-state index contributed by atoms with van der Waals surface area (Å²) in [5, 5.41) is 16.5. The molecule has 1 unspecified atom stereocenters. The summed E-state index contributed by atoms with van der Waals surface area (Å²) in [6.45, 7) is 3.96. The van der Waals surface area contributed by atoms with E-state index in [-0.39, 0.29) is 30.0 Å². The highest BCUT2D eigenvalue weighted by Gasteiger charge is 2.47. The summed E-state index contributed by atoms with van der Waals surface area (Å²) in [5.74, 6) is 6.30. The zero-order valence-corrected chi connectivity index (χ0v) is 28.3. The van der Waals surface area contributed by atoms with Gasteiger partial charge in [0.25, 0.3) is 11.8 Å². The number of hydrogen-bond acceptors (Lipinski definition) is 10. The number of ether oxygens (including phenoxy) is 1. The van der Waals surface area contributed by atoms with Gasteiger partial charge in [-0.2, -0.15) is 5.10 Å². The van der Waals surface area contributed by atoms with E-state index in [1.165, 1.54) is 5.56 Å². The molecule has 7 heterocycles. The topological polar surface area (TPSA) is 145 Å². The van der Waals surface area contributed by atoms with Gasteiger partial charge in [0.2, 0.25) is 11.8 Å². The lowest BCUT2D eigenvalue weighted by molar-refractivity contribution is -0.136. The number of carbonyl (C=O) groups excluding carboxylic acids is 4. The van der Waals surface area contributed by atoms with E-state index >= 15 is 0 Å². The quantitative estimate of drug-likeness (QED) is 0.216. The number of anilines is 1. The van der Waals surface area contributed by atoms with Crippen molar-refractivity contribution in [2.24, 2.45) is 0 Å². The smallest absolute Gasteiger partial charge is 0.264 e. The van der Waals surface area contributed by atoms with Gasteiger partial charge in [-0.25, -0.2) is 0 Å². The third kappa shape index (κ3) is 5.24. The van der Waals surface area contributed by atoms with Crippen molar-refractivity contribution in [3.05, 3.63) is 111 Å². The number of nitrogens with zero attached hydrogens (tertiary/aromatic N) is 7. The van der Waals surface area contributed by atoms with E-state index in [0.29, 0.717) is 32.0 Å². The minimum atomic E-state index is -1.01. The summed E-state index contributed by atoms with van der Waals surface area (Å²) in [6, 6.07) is 14.5. The van der Waals surface area contributed by atoms with Crippen LogP contribution in [-0.4, -0.2) is 72.2 Å². The van der Waals surface area contributed by atoms with Crippen LogP contribution in [0.15, 0.2) is 60.9 Å². The number of carbonyl (C=O) groups is 4. The highest BCUT2D eigenvalue weighted by Crippen LogP contribution is 2.39. The first kappa shape index (κ1) is 31.1. The molecule has 1 N–H and O–H groups in total. The number of hydrogen-bond donors (Lipinski definition) is 1. The number of amides is 4. The van der Waals surface area contributed by atoms with E-state index in [9.17, 15) is 19.2 Å². The molecule has 0 aliphatic carbocycles. The Kier molecular flexibility index (Phi) is 7.41. The second-order valence-electron chi connectivity index (χ2n) is 13.0. The van der Waals surface area contributed by atoms with Crippen LogP contribution in [0.5, 0.6) is 0 Å². The predicted octanol–water partition coefficient (Wildman–Crippen LogP) is 3.32. The summed E-state index contributed by atoms with van der Waals surface area (Å²) in [4.78, 5) is 55.1. The van der Waals surface area contributed by atoms with Crippen LogP contribution in [0.3, 0.4) is 0 Å². The summed E-state index contributed by atoms with van der Waals surface area (Å²) in [6.07, 6.45) is 4.60. The molecule has 4 amide bonds. The number of aryl methyl sites for hydroxylation is 1. The maximum Gasteiger partial charge on any atom is 0.264 e. The van der Waals surface area contributed by atoms with Crippen molar-refractivity contribution < 1.29 is 23.9 Å². The minimum absolute atomic E-state index is 0.0357. The summed E-state index contributed by atoms with van der Waals surface area (Å²) < 4.78 is 10.00. The van der Waals surface area contributed by atoms with E-state index in [4.69, 9.17) is 4.74 Å². The molecule has 0 bridgehead atoms. The van der Waals surface area contributed by atoms with Crippen molar-refractivity contribution in [2.75, 3.05) is 18.0 Å². The van der Waals surface area contributed by atoms with Crippen LogP contribution < -0.4 is 10.2 Å². The molecule has 4 aliphatic rings. The lowest BCUT2D eigenvalue weighted by atomic mass is 10.0. The molecule has 4 aliphatic heterocycles. The highest BCUT2D eigenvalue weighted by molar-refractivity contribution is 7.15. The lowest BCUT2D eigenvalue weighted by Crippen LogP contribution is -2.54. The van der Waals surface area contributed by atoms with E-state index < -0.39 is 29.7 Å². The fraction of sp³-hybridized carbons (Fsp3) is 0.270. The number of imide groups is 2. The number of aromatic nitrogens is 5. The second kappa shape index (κ2) is 12.1. The van der Waals surface area contributed by atoms with Crippen LogP contribution >= 0.6 is 11.3 Å². The van der Waals surface area contributed by atoms with Gasteiger partial charge in [-0.3, -0.25) is 38.6 Å². The fourth-order valence-electron chi connectivity index (χ4n) is 7.22. The first-order valence-electron chi connectivity index (χ1n) is 16.7. The summed E-state index contributed by atoms with van der Waals surface area (Å²) >= 11 is 1.62. The van der Waals surface area contributed by atoms with Crippen LogP contribution in [0.2, 0.25) is 0 Å². The molecule has 0 saturated carbocycles. The highest BCUT2D eigenvalue weighted by atomic mass is 32.1. The summed E-state index contributed by atoms with van der Waals surface area (Å²) in [5.41, 5.74) is 5.40. The average Bonchev–Trinajstić information content (AvgIpc) is 3.83. The molecule has 1 atom stereocenters. The van der Waals surface area contributed by atoms with Crippen LogP contribution in [0, 0.1) is 18.8 Å². The molecule has 0 spiro atoms. The molecule has 2 saturated heterocycles. The zero-order valence-electron chi connectivity index (χ0n) is 27.5. The van der Waals surface area contributed by atoms with Gasteiger partial charge in [0.15, 0.2) is 5.82 Å². The van der Waals surface area contributed by atoms with Gasteiger partial charge in [-0.15, -0.1) is 21.5 Å². The van der Waals surface area contributed by atoms with Gasteiger partial charge < -0.3 is 9.64 Å². The van der Waals surface area contributed by atoms with E-state index in [1.807, 2.05) is 47.0 Å². The monoisotopic (exact) mass is 698 g/mol. The minimum Gasteiger partial charge on any atom is -0.369 e. The number of fused-ring (bicyclic) bond motifs is 4. The standard InChI is InChI=1S/C37H30N8O5S/c1-21-40-41-31-20-50-19-27-26(14-22-6-3-2-4-7-22)30(51-37(27)44(21)31)12-10-23-15-38-43(16-23)24-17-42(18-24)28-9-5-8-25-33(28)36(49)45(35(25)48)29-11-13-32(46)39-34(29)47/h2-9,15-16,24,29H,11,13-14,17-20H2,1H3,(H,39,46,47). The first-order valence-corrected chi connectivity index (χ1v) is 17.5. The van der Waals surface area contributed by atoms with Gasteiger partial charge >= 0.3 is 0 Å². The number of nitrogens with one attached hydrogen (secondary N) is 1. The maximum atomic E-state index is 13.6. The molecule has 14 heteroatoms. The second-order valence-corrected chi connectivity index (χ2v) is 14.0. The normalized spacial score (nSPS) is 18.4. The van der Waals surface area contributed by atoms with Crippen LogP contribution in [0.1, 0.15) is 78.4 Å². The van der Waals surface area contributed by atoms with Crippen LogP contribution in [0.4, 0.5) is 5.69 Å². The molecule has 13 nitrogen and oxygen atoms in total. The fourth-order valence-corrected chi connectivity index (χ4v) is 8.47. The molecule has 2 fully saturated rings. The molecular formula is C37H30N8O5S. The lowest BCUT2D eigenvalue weighted by Gasteiger charge is -2.41. The Morgan fingerprint density at radius 2 is 1.82 bits per heavy atom. The third-order valence-electron chi connectivity index (χ3n) is 9.84. The molecular weight excluding hydrogens is 669 g/mol. The van der Waals surface area contributed by atoms with Crippen molar-refractivity contribution >= 4 is 40.7 Å². The van der Waals surface area contributed by atoms with Gasteiger partial charge in [-0.05, 0) is 43.0 Å². The zero-order chi connectivity index (χ0) is 34.8. The molecule has 254 valence electrons. The molecule has 51 heavy (non-hydrogen) atoms. The molecule has 5 aromatic rings. The molecule has 0 radical (unpaired) electrons. The van der Waals surface area contributed by atoms with Gasteiger partial charge in [0, 0.05) is 31.3 Å². The molecule has 2 aromatic carbocycles. The Balaban J connectivity index is 0.948. The Morgan fingerprint density at radius 1 is 0.980 bits per heavy atom. The van der Waals surface area contributed by atoms with Gasteiger partial charge in [-0.1, -0.05) is 48.2 Å². The molecule has 3 aromatic heterocycles. The maximum absolute atomic E-state index is 13.6. The van der Waals surface area contributed by atoms with Crippen LogP contribution in [0.25, 0.3) is 5.00 Å². The van der Waals surface area contributed by atoms with Gasteiger partial charge in [0.05, 0.1) is 46.1 Å². The first-order chi connectivity index (χ1) is 24.8. The number of piperidine rings is 1. The van der Waals surface area contributed by atoms with Crippen molar-refractivity contribution in [1.29, 1.82) is 0 Å². The van der Waals surface area contributed by atoms with Crippen molar-refractivity contribution in [3.63, 3.8) is 0 Å².